The number of nitrogens with zero attached hydrogens (tertiary/aromatic N) is 4. The monoisotopic (exact) mass is 1190 g/mol. The summed E-state index contributed by atoms with van der Waals surface area (Å²) in [7, 11) is 9.52. The van der Waals surface area contributed by atoms with E-state index in [-0.39, 0.29) is 29.2 Å². The summed E-state index contributed by atoms with van der Waals surface area (Å²) in [4.78, 5) is 53.1. The van der Waals surface area contributed by atoms with Crippen LogP contribution in [-0.2, 0) is 38.9 Å². The van der Waals surface area contributed by atoms with Gasteiger partial charge in [0.05, 0.1) is 46.2 Å². The van der Waals surface area contributed by atoms with Gasteiger partial charge in [-0.25, -0.2) is 14.8 Å². The predicted octanol–water partition coefficient (Wildman–Crippen LogP) is 11.4. The minimum atomic E-state index is -1.03. The zero-order chi connectivity index (χ0) is 56.6. The molecule has 0 unspecified atom stereocenters. The Kier molecular flexibility index (Phi) is 25.5. The van der Waals surface area contributed by atoms with Crippen LogP contribution in [0.2, 0.25) is 20.1 Å². The molecule has 0 aliphatic heterocycles. The molecular formula is C56H55BrCl4N6O10. The number of carbonyl (C=O) groups is 2. The zero-order valence-corrected chi connectivity index (χ0v) is 47.2. The Hall–Kier alpha value is -7.38. The van der Waals surface area contributed by atoms with Crippen LogP contribution in [0.4, 0.5) is 11.6 Å². The van der Waals surface area contributed by atoms with Gasteiger partial charge >= 0.3 is 5.97 Å². The number of amides is 1. The van der Waals surface area contributed by atoms with E-state index in [1.165, 1.54) is 52.8 Å². The number of nitrogens with two attached hydrogens (primary N) is 1. The summed E-state index contributed by atoms with van der Waals surface area (Å²) in [6, 6.07) is 34.7. The van der Waals surface area contributed by atoms with E-state index in [0.29, 0.717) is 55.2 Å². The molecule has 0 saturated heterocycles. The number of nitrogens with one attached hydrogen (secondary N) is 1. The molecule has 0 bridgehead atoms. The highest BCUT2D eigenvalue weighted by Gasteiger charge is 2.10. The number of aromatic nitrogens is 4. The fourth-order valence-corrected chi connectivity index (χ4v) is 7.89. The van der Waals surface area contributed by atoms with E-state index in [1.54, 1.807) is 96.4 Å². The molecule has 77 heavy (non-hydrogen) atoms. The highest BCUT2D eigenvalue weighted by atomic mass is 79.9. The van der Waals surface area contributed by atoms with E-state index in [2.05, 4.69) is 31.2 Å². The van der Waals surface area contributed by atoms with Crippen LogP contribution in [0, 0.1) is 0 Å². The third kappa shape index (κ3) is 21.6. The fraction of sp³-hybridized carbons (Fsp3) is 0.179. The highest BCUT2D eigenvalue weighted by Crippen LogP contribution is 2.25. The molecule has 0 aliphatic carbocycles. The van der Waals surface area contributed by atoms with Crippen molar-refractivity contribution in [2.45, 2.75) is 24.8 Å². The highest BCUT2D eigenvalue weighted by molar-refractivity contribution is 9.08. The van der Waals surface area contributed by atoms with Gasteiger partial charge in [0.15, 0.2) is 0 Å². The number of ether oxygens (including phenoxy) is 4. The number of pyridine rings is 4. The van der Waals surface area contributed by atoms with E-state index in [9.17, 15) is 19.2 Å². The van der Waals surface area contributed by atoms with Crippen LogP contribution in [0.5, 0.6) is 23.0 Å². The van der Waals surface area contributed by atoms with Gasteiger partial charge in [0.1, 0.15) is 34.6 Å². The Bertz CT molecular complexity index is 3250. The minimum absolute atomic E-state index is 0.0169. The Balaban J connectivity index is 0.000000221. The predicted molar refractivity (Wildman–Crippen MR) is 307 cm³/mol. The number of hydrogen-bond acceptors (Lipinski definition) is 12. The van der Waals surface area contributed by atoms with Crippen molar-refractivity contribution in [1.29, 1.82) is 0 Å². The summed E-state index contributed by atoms with van der Waals surface area (Å²) in [6.07, 6.45) is 7.62. The average Bonchev–Trinajstić information content (AvgIpc) is 3.41. The van der Waals surface area contributed by atoms with Gasteiger partial charge in [-0.05, 0) is 143 Å². The van der Waals surface area contributed by atoms with Crippen molar-refractivity contribution in [3.8, 4) is 23.0 Å². The first-order valence-corrected chi connectivity index (χ1v) is 25.4. The number of aromatic carboxylic acids is 1. The number of alkyl halides is 1. The second-order valence-corrected chi connectivity index (χ2v) is 18.6. The van der Waals surface area contributed by atoms with Crippen molar-refractivity contribution in [2.75, 3.05) is 39.5 Å². The SMILES string of the molecule is COc1cc(Cl)cc(CBr)c1.COc1cc(Cl)cc(CO)c1.COc1cc(Cl)cc(Cc2ccc(N)nc2)c1.COc1cc(Cl)cc(Cc2ccc(NC(=O)c3ccc(=O)n(C)c3)nc2)c1.Cn1cc(C(=O)O)ccc1=O. The molecule has 8 rings (SSSR count). The maximum absolute atomic E-state index is 12.3. The van der Waals surface area contributed by atoms with Gasteiger partial charge in [-0.15, -0.1) is 0 Å². The Morgan fingerprint density at radius 1 is 0.558 bits per heavy atom. The number of carboxylic acids is 1. The van der Waals surface area contributed by atoms with E-state index in [0.717, 1.165) is 56.6 Å². The summed E-state index contributed by atoms with van der Waals surface area (Å²) in [5.74, 6) is 2.53. The molecular weight excluding hydrogens is 1140 g/mol. The quantitative estimate of drug-likeness (QED) is 0.0791. The number of rotatable bonds is 13. The van der Waals surface area contributed by atoms with Gasteiger partial charge in [0.2, 0.25) is 11.1 Å². The molecule has 4 aromatic carbocycles. The molecule has 0 fully saturated rings. The van der Waals surface area contributed by atoms with Crippen molar-refractivity contribution in [3.63, 3.8) is 0 Å². The molecule has 404 valence electrons. The van der Waals surface area contributed by atoms with Gasteiger partial charge in [-0.1, -0.05) is 74.5 Å². The molecule has 4 heterocycles. The fourth-order valence-electron chi connectivity index (χ4n) is 6.58. The molecule has 0 radical (unpaired) electrons. The van der Waals surface area contributed by atoms with Crippen LogP contribution in [0.25, 0.3) is 0 Å². The Morgan fingerprint density at radius 3 is 1.35 bits per heavy atom. The Morgan fingerprint density at radius 2 is 0.961 bits per heavy atom. The van der Waals surface area contributed by atoms with Crippen LogP contribution in [0.1, 0.15) is 54.1 Å². The van der Waals surface area contributed by atoms with Gasteiger partial charge in [-0.2, -0.15) is 0 Å². The van der Waals surface area contributed by atoms with Gasteiger partial charge in [0, 0.05) is 76.4 Å². The first-order valence-electron chi connectivity index (χ1n) is 22.8. The third-order valence-electron chi connectivity index (χ3n) is 10.4. The van der Waals surface area contributed by atoms with Crippen LogP contribution in [0.15, 0.2) is 156 Å². The number of methoxy groups -OCH3 is 4. The van der Waals surface area contributed by atoms with Gasteiger partial charge in [-0.3, -0.25) is 14.4 Å². The van der Waals surface area contributed by atoms with Gasteiger partial charge in [0.25, 0.3) is 5.91 Å². The molecule has 5 N–H and O–H groups in total. The first-order chi connectivity index (χ1) is 36.7. The average molecular weight is 1190 g/mol. The summed E-state index contributed by atoms with van der Waals surface area (Å²) in [5.41, 5.74) is 11.7. The normalized spacial score (nSPS) is 10.1. The molecule has 0 atom stereocenters. The number of aliphatic hydroxyl groups excluding tert-OH is 1. The lowest BCUT2D eigenvalue weighted by Gasteiger charge is -2.08. The van der Waals surface area contributed by atoms with Crippen LogP contribution < -0.4 is 41.1 Å². The number of aliphatic hydroxyl groups is 1. The second kappa shape index (κ2) is 31.6. The van der Waals surface area contributed by atoms with E-state index in [1.807, 2.05) is 48.5 Å². The van der Waals surface area contributed by atoms with Gasteiger partial charge < -0.3 is 49.3 Å². The molecule has 0 spiro atoms. The number of nitrogen functional groups attached to an aromatic ring is 1. The largest absolute Gasteiger partial charge is 0.497 e. The molecule has 8 aromatic rings. The number of halogens is 5. The molecule has 0 aliphatic rings. The number of carbonyl (C=O) groups excluding carboxylic acids is 1. The Labute approximate surface area is 473 Å². The second-order valence-electron chi connectivity index (χ2n) is 16.3. The van der Waals surface area contributed by atoms with Crippen LogP contribution in [0.3, 0.4) is 0 Å². The van der Waals surface area contributed by atoms with Crippen molar-refractivity contribution in [3.05, 3.63) is 231 Å². The first kappa shape index (κ1) is 62.2. The number of aryl methyl sites for hydroxylation is 2. The standard InChI is InChI=1S/C20H18ClN3O3.C13H13ClN2O.C8H8BrClO.C8H9ClO2.C7H7NO3/c1-24-12-15(4-6-19(24)25)20(26)23-18-5-3-13(11-22-18)7-14-8-16(21)10-17(9-14)27-2;1-17-12-6-10(5-11(14)7-12)4-9-2-3-13(15)16-8-9;1-11-8-3-6(5-9)2-7(10)4-8;1-11-8-3-6(5-10)2-7(9)4-8;1-8-4-5(7(10)11)2-3-6(8)9/h3-6,8-12H,7H2,1-2H3,(H,22,23,26);2-3,5-8H,4H2,1H3,(H2,15,16);2-4H,5H2,1H3;2-4,10H,5H2,1H3;2-4H,1H3,(H,10,11). The van der Waals surface area contributed by atoms with Crippen molar-refractivity contribution in [1.82, 2.24) is 19.1 Å². The lowest BCUT2D eigenvalue weighted by Crippen LogP contribution is -2.19. The van der Waals surface area contributed by atoms with Crippen molar-refractivity contribution >= 4 is 85.8 Å². The van der Waals surface area contributed by atoms with Crippen LogP contribution in [-0.4, -0.2) is 69.6 Å². The number of hydrogen-bond donors (Lipinski definition) is 4. The third-order valence-corrected chi connectivity index (χ3v) is 11.9. The zero-order valence-electron chi connectivity index (χ0n) is 42.6. The molecule has 0 saturated carbocycles. The lowest BCUT2D eigenvalue weighted by atomic mass is 10.1. The topological polar surface area (TPSA) is 219 Å². The van der Waals surface area contributed by atoms with Crippen LogP contribution >= 0.6 is 62.3 Å². The number of benzene rings is 4. The smallest absolute Gasteiger partial charge is 0.337 e. The maximum Gasteiger partial charge on any atom is 0.337 e. The summed E-state index contributed by atoms with van der Waals surface area (Å²) < 4.78 is 22.9. The summed E-state index contributed by atoms with van der Waals surface area (Å²) in [6.45, 7) is -0.0169. The summed E-state index contributed by atoms with van der Waals surface area (Å²) >= 11 is 27.0. The molecule has 4 aromatic heterocycles. The minimum Gasteiger partial charge on any atom is -0.497 e. The van der Waals surface area contributed by atoms with E-state index >= 15 is 0 Å². The van der Waals surface area contributed by atoms with Crippen molar-refractivity contribution in [2.24, 2.45) is 14.1 Å². The maximum atomic E-state index is 12.3. The van der Waals surface area contributed by atoms with E-state index in [4.69, 9.17) is 81.3 Å². The summed E-state index contributed by atoms with van der Waals surface area (Å²) in [5, 5.41) is 23.3. The number of carboxylic acid groups (broad SMARTS) is 1. The molecule has 1 amide bonds. The van der Waals surface area contributed by atoms with E-state index < -0.39 is 5.97 Å². The lowest BCUT2D eigenvalue weighted by molar-refractivity contribution is 0.0695. The molecule has 16 nitrogen and oxygen atoms in total. The molecule has 21 heteroatoms. The number of anilines is 2. The van der Waals surface area contributed by atoms with Crippen molar-refractivity contribution < 1.29 is 38.7 Å².